The highest BCUT2D eigenvalue weighted by atomic mass is 16.5. The molecule has 0 amide bonds. The van der Waals surface area contributed by atoms with Gasteiger partial charge in [0.1, 0.15) is 18.1 Å². The first-order chi connectivity index (χ1) is 13.3. The number of nitrogens with zero attached hydrogens (tertiary/aromatic N) is 3. The molecule has 0 saturated carbocycles. The van der Waals surface area contributed by atoms with E-state index in [1.807, 2.05) is 53.6 Å². The van der Waals surface area contributed by atoms with Gasteiger partial charge >= 0.3 is 0 Å². The molecule has 0 spiro atoms. The number of hydrogen-bond acceptors (Lipinski definition) is 6. The fraction of sp³-hybridized carbons (Fsp3) is 0.381. The van der Waals surface area contributed by atoms with Crippen molar-refractivity contribution in [2.45, 2.75) is 12.8 Å². The first-order valence-corrected chi connectivity index (χ1v) is 9.40. The summed E-state index contributed by atoms with van der Waals surface area (Å²) in [5.74, 6) is 1.95. The Bertz CT molecular complexity index is 789. The number of ether oxygens (including phenoxy) is 3. The molecule has 6 nitrogen and oxygen atoms in total. The van der Waals surface area contributed by atoms with Crippen molar-refractivity contribution in [2.24, 2.45) is 0 Å². The molecule has 2 aromatic rings. The average Bonchev–Trinajstić information content (AvgIpc) is 3.41. The summed E-state index contributed by atoms with van der Waals surface area (Å²) in [6.45, 7) is 4.35. The second kappa shape index (κ2) is 8.31. The van der Waals surface area contributed by atoms with Crippen LogP contribution in [0.1, 0.15) is 18.4 Å². The quantitative estimate of drug-likeness (QED) is 0.748. The third-order valence-electron chi connectivity index (χ3n) is 4.86. The van der Waals surface area contributed by atoms with Gasteiger partial charge in [-0.05, 0) is 32.0 Å². The molecule has 0 atom stereocenters. The third-order valence-corrected chi connectivity index (χ3v) is 4.86. The summed E-state index contributed by atoms with van der Waals surface area (Å²) in [6, 6.07) is 13.9. The van der Waals surface area contributed by atoms with Crippen molar-refractivity contribution in [3.8, 4) is 11.8 Å². The maximum atomic E-state index is 5.82. The van der Waals surface area contributed by atoms with Crippen LogP contribution in [0.5, 0.6) is 11.8 Å². The summed E-state index contributed by atoms with van der Waals surface area (Å²) >= 11 is 0. The van der Waals surface area contributed by atoms with E-state index in [0.717, 1.165) is 23.6 Å². The average molecular weight is 367 g/mol. The van der Waals surface area contributed by atoms with Crippen LogP contribution in [0.25, 0.3) is 5.76 Å². The van der Waals surface area contributed by atoms with Crippen LogP contribution in [0, 0.1) is 0 Å². The smallest absolute Gasteiger partial charge is 0.241 e. The highest BCUT2D eigenvalue weighted by molar-refractivity contribution is 5.69. The van der Waals surface area contributed by atoms with Crippen LogP contribution in [0.2, 0.25) is 0 Å². The normalized spacial score (nSPS) is 16.9. The molecule has 6 heteroatoms. The molecule has 0 radical (unpaired) electrons. The summed E-state index contributed by atoms with van der Waals surface area (Å²) in [6.07, 6.45) is 4.55. The van der Waals surface area contributed by atoms with Crippen LogP contribution < -0.4 is 14.4 Å². The number of pyridine rings is 1. The molecular formula is C21H25N3O3. The Morgan fingerprint density at radius 1 is 1.07 bits per heavy atom. The summed E-state index contributed by atoms with van der Waals surface area (Å²) in [5.41, 5.74) is 1.91. The zero-order valence-corrected chi connectivity index (χ0v) is 15.6. The minimum absolute atomic E-state index is 0.428. The van der Waals surface area contributed by atoms with E-state index in [0.29, 0.717) is 25.1 Å². The number of benzene rings is 1. The van der Waals surface area contributed by atoms with Gasteiger partial charge in [-0.1, -0.05) is 30.3 Å². The van der Waals surface area contributed by atoms with Gasteiger partial charge in [-0.15, -0.1) is 0 Å². The minimum atomic E-state index is 0.428. The molecule has 1 saturated heterocycles. The molecule has 0 unspecified atom stereocenters. The van der Waals surface area contributed by atoms with E-state index in [2.05, 4.69) is 9.88 Å². The zero-order chi connectivity index (χ0) is 18.5. The molecule has 1 aromatic heterocycles. The lowest BCUT2D eigenvalue weighted by Gasteiger charge is -2.18. The molecule has 2 aliphatic heterocycles. The number of anilines is 1. The van der Waals surface area contributed by atoms with Gasteiger partial charge in [0, 0.05) is 18.2 Å². The summed E-state index contributed by atoms with van der Waals surface area (Å²) < 4.78 is 17.1. The number of hydrogen-bond donors (Lipinski definition) is 0. The lowest BCUT2D eigenvalue weighted by Crippen LogP contribution is -2.25. The number of rotatable bonds is 7. The molecule has 1 fully saturated rings. The van der Waals surface area contributed by atoms with E-state index in [4.69, 9.17) is 14.2 Å². The number of methoxy groups -OCH3 is 1. The first-order valence-electron chi connectivity index (χ1n) is 9.40. The van der Waals surface area contributed by atoms with Crippen LogP contribution in [0.4, 0.5) is 5.69 Å². The monoisotopic (exact) mass is 367 g/mol. The van der Waals surface area contributed by atoms with Gasteiger partial charge in [0.2, 0.25) is 11.8 Å². The molecule has 3 heterocycles. The molecular weight excluding hydrogens is 342 g/mol. The number of aromatic nitrogens is 1. The lowest BCUT2D eigenvalue weighted by atomic mass is 10.2. The summed E-state index contributed by atoms with van der Waals surface area (Å²) in [7, 11) is 1.62. The SMILES string of the molecule is COc1nc(OCCN2CCCC2)ccc1N1C=C(c2ccccc2)OC1. The zero-order valence-electron chi connectivity index (χ0n) is 15.6. The molecule has 2 aliphatic rings. The Balaban J connectivity index is 1.43. The highest BCUT2D eigenvalue weighted by Gasteiger charge is 2.21. The Morgan fingerprint density at radius 2 is 1.89 bits per heavy atom. The topological polar surface area (TPSA) is 47.1 Å². The van der Waals surface area contributed by atoms with Crippen molar-refractivity contribution in [2.75, 3.05) is 45.0 Å². The fourth-order valence-electron chi connectivity index (χ4n) is 3.41. The highest BCUT2D eigenvalue weighted by Crippen LogP contribution is 2.33. The molecule has 27 heavy (non-hydrogen) atoms. The molecule has 1 aromatic carbocycles. The van der Waals surface area contributed by atoms with Gasteiger partial charge in [-0.2, -0.15) is 4.98 Å². The van der Waals surface area contributed by atoms with E-state index < -0.39 is 0 Å². The number of likely N-dealkylation sites (tertiary alicyclic amines) is 1. The van der Waals surface area contributed by atoms with Gasteiger partial charge in [0.15, 0.2) is 6.73 Å². The van der Waals surface area contributed by atoms with Gasteiger partial charge in [0.05, 0.1) is 13.3 Å². The Kier molecular flexibility index (Phi) is 5.44. The summed E-state index contributed by atoms with van der Waals surface area (Å²) in [4.78, 5) is 8.92. The Labute approximate surface area is 160 Å². The fourth-order valence-corrected chi connectivity index (χ4v) is 3.41. The van der Waals surface area contributed by atoms with Crippen LogP contribution >= 0.6 is 0 Å². The molecule has 0 bridgehead atoms. The van der Waals surface area contributed by atoms with Crippen molar-refractivity contribution >= 4 is 11.4 Å². The van der Waals surface area contributed by atoms with Crippen LogP contribution in [0.15, 0.2) is 48.7 Å². The van der Waals surface area contributed by atoms with E-state index in [9.17, 15) is 0 Å². The largest absolute Gasteiger partial charge is 0.479 e. The first kappa shape index (κ1) is 17.7. The Morgan fingerprint density at radius 3 is 2.67 bits per heavy atom. The lowest BCUT2D eigenvalue weighted by molar-refractivity contribution is 0.230. The molecule has 0 aliphatic carbocycles. The van der Waals surface area contributed by atoms with Gasteiger partial charge < -0.3 is 19.1 Å². The maximum absolute atomic E-state index is 5.82. The van der Waals surface area contributed by atoms with E-state index in [1.165, 1.54) is 25.9 Å². The molecule has 4 rings (SSSR count). The third kappa shape index (κ3) is 4.17. The van der Waals surface area contributed by atoms with Gasteiger partial charge in [-0.25, -0.2) is 0 Å². The van der Waals surface area contributed by atoms with Gasteiger partial charge in [0.25, 0.3) is 0 Å². The van der Waals surface area contributed by atoms with Crippen molar-refractivity contribution in [1.29, 1.82) is 0 Å². The van der Waals surface area contributed by atoms with Gasteiger partial charge in [-0.3, -0.25) is 4.90 Å². The predicted octanol–water partition coefficient (Wildman–Crippen LogP) is 3.36. The van der Waals surface area contributed by atoms with Crippen molar-refractivity contribution in [3.63, 3.8) is 0 Å². The van der Waals surface area contributed by atoms with E-state index >= 15 is 0 Å². The second-order valence-corrected chi connectivity index (χ2v) is 6.68. The van der Waals surface area contributed by atoms with Crippen LogP contribution in [-0.4, -0.2) is 50.0 Å². The predicted molar refractivity (Wildman–Crippen MR) is 105 cm³/mol. The minimum Gasteiger partial charge on any atom is -0.479 e. The Hall–Kier alpha value is -2.73. The summed E-state index contributed by atoms with van der Waals surface area (Å²) in [5, 5.41) is 0. The van der Waals surface area contributed by atoms with E-state index in [1.54, 1.807) is 7.11 Å². The van der Waals surface area contributed by atoms with Crippen LogP contribution in [-0.2, 0) is 4.74 Å². The molecule has 0 N–H and O–H groups in total. The van der Waals surface area contributed by atoms with Crippen LogP contribution in [0.3, 0.4) is 0 Å². The molecule has 142 valence electrons. The van der Waals surface area contributed by atoms with Crippen molar-refractivity contribution < 1.29 is 14.2 Å². The van der Waals surface area contributed by atoms with E-state index in [-0.39, 0.29) is 0 Å². The second-order valence-electron chi connectivity index (χ2n) is 6.68. The maximum Gasteiger partial charge on any atom is 0.241 e. The standard InChI is InChI=1S/C21H25N3O3/c1-25-21-18(24-15-19(27-16-24)17-7-3-2-4-8-17)9-10-20(22-21)26-14-13-23-11-5-6-12-23/h2-4,7-10,15H,5-6,11-14,16H2,1H3. The van der Waals surface area contributed by atoms with Crippen molar-refractivity contribution in [1.82, 2.24) is 9.88 Å². The van der Waals surface area contributed by atoms with Crippen molar-refractivity contribution in [3.05, 3.63) is 54.2 Å².